The van der Waals surface area contributed by atoms with Crippen LogP contribution in [0.4, 0.5) is 0 Å². The van der Waals surface area contributed by atoms with Crippen LogP contribution in [0.2, 0.25) is 0 Å². The lowest BCUT2D eigenvalue weighted by Gasteiger charge is -2.11. The lowest BCUT2D eigenvalue weighted by molar-refractivity contribution is -0.584. The van der Waals surface area contributed by atoms with Gasteiger partial charge in [-0.05, 0) is 30.3 Å². The van der Waals surface area contributed by atoms with E-state index < -0.39 is 0 Å². The number of carbonyl (C=O) groups is 1. The first-order chi connectivity index (χ1) is 11.7. The summed E-state index contributed by atoms with van der Waals surface area (Å²) < 4.78 is 3.61. The smallest absolute Gasteiger partial charge is 0.299 e. The molecule has 2 heterocycles. The Labute approximate surface area is 139 Å². The van der Waals surface area contributed by atoms with Crippen molar-refractivity contribution in [2.24, 2.45) is 5.73 Å². The van der Waals surface area contributed by atoms with Crippen LogP contribution in [0.3, 0.4) is 0 Å². The molecule has 0 unspecified atom stereocenters. The minimum absolute atomic E-state index is 0.185. The van der Waals surface area contributed by atoms with Gasteiger partial charge in [0.05, 0.1) is 16.8 Å². The predicted molar refractivity (Wildman–Crippen MR) is 91.9 cm³/mol. The SMILES string of the molecule is NC1=[N+](NC(=O)c2ccccc2-n2cccc2)Cc2ccccc21. The molecule has 24 heavy (non-hydrogen) atoms. The number of rotatable bonds is 3. The van der Waals surface area contributed by atoms with Gasteiger partial charge in [-0.3, -0.25) is 10.5 Å². The second-order valence-corrected chi connectivity index (χ2v) is 5.68. The molecule has 0 saturated carbocycles. The number of hydrogen-bond donors (Lipinski definition) is 2. The maximum Gasteiger partial charge on any atom is 0.299 e. The van der Waals surface area contributed by atoms with E-state index in [-0.39, 0.29) is 5.91 Å². The van der Waals surface area contributed by atoms with Gasteiger partial charge >= 0.3 is 0 Å². The fourth-order valence-electron chi connectivity index (χ4n) is 2.98. The summed E-state index contributed by atoms with van der Waals surface area (Å²) in [6.07, 6.45) is 3.83. The number of hydrazine groups is 1. The fraction of sp³-hybridized carbons (Fsp3) is 0.0526. The molecule has 5 heteroatoms. The first kappa shape index (κ1) is 14.3. The summed E-state index contributed by atoms with van der Waals surface area (Å²) in [6, 6.07) is 19.2. The lowest BCUT2D eigenvalue weighted by Crippen LogP contribution is -2.39. The number of para-hydroxylation sites is 1. The van der Waals surface area contributed by atoms with E-state index in [1.807, 2.05) is 77.6 Å². The topological polar surface area (TPSA) is 63.1 Å². The van der Waals surface area contributed by atoms with E-state index in [0.717, 1.165) is 16.8 Å². The van der Waals surface area contributed by atoms with Gasteiger partial charge in [0.1, 0.15) is 6.54 Å². The Morgan fingerprint density at radius 1 is 1.00 bits per heavy atom. The molecule has 0 atom stereocenters. The molecule has 3 N–H and O–H groups in total. The zero-order valence-electron chi connectivity index (χ0n) is 13.0. The Morgan fingerprint density at radius 3 is 2.50 bits per heavy atom. The van der Waals surface area contributed by atoms with Gasteiger partial charge < -0.3 is 4.57 Å². The largest absolute Gasteiger partial charge is 0.323 e. The van der Waals surface area contributed by atoms with Crippen molar-refractivity contribution >= 4 is 11.7 Å². The van der Waals surface area contributed by atoms with Crippen molar-refractivity contribution in [1.29, 1.82) is 0 Å². The van der Waals surface area contributed by atoms with Crippen LogP contribution in [-0.4, -0.2) is 21.0 Å². The number of nitrogens with two attached hydrogens (primary N) is 1. The Kier molecular flexibility index (Phi) is 3.39. The number of nitrogens with one attached hydrogen (secondary N) is 1. The molecule has 0 aliphatic carbocycles. The number of nitrogens with zero attached hydrogens (tertiary/aromatic N) is 2. The standard InChI is InChI=1S/C19H16N4O/c20-18-15-8-2-1-7-14(15)13-23(18)21-19(24)16-9-3-4-10-17(16)22-11-5-6-12-22/h1-12,20H,13H2,(H,21,24)/p+1. The van der Waals surface area contributed by atoms with Crippen molar-refractivity contribution < 1.29 is 9.48 Å². The Balaban J connectivity index is 1.64. The highest BCUT2D eigenvalue weighted by molar-refractivity contribution is 5.99. The molecule has 4 rings (SSSR count). The molecule has 0 saturated heterocycles. The lowest BCUT2D eigenvalue weighted by atomic mass is 10.1. The van der Waals surface area contributed by atoms with E-state index in [2.05, 4.69) is 5.43 Å². The molecule has 0 radical (unpaired) electrons. The molecule has 5 nitrogen and oxygen atoms in total. The van der Waals surface area contributed by atoms with Crippen molar-refractivity contribution in [3.05, 3.63) is 89.7 Å². The molecular weight excluding hydrogens is 300 g/mol. The van der Waals surface area contributed by atoms with E-state index in [9.17, 15) is 4.79 Å². The zero-order valence-corrected chi connectivity index (χ0v) is 13.0. The molecular formula is C19H17N4O+. The van der Waals surface area contributed by atoms with Crippen molar-refractivity contribution in [3.8, 4) is 5.69 Å². The molecule has 0 bridgehead atoms. The third-order valence-electron chi connectivity index (χ3n) is 4.18. The van der Waals surface area contributed by atoms with E-state index >= 15 is 0 Å². The van der Waals surface area contributed by atoms with E-state index in [1.165, 1.54) is 0 Å². The van der Waals surface area contributed by atoms with Crippen LogP contribution in [0.1, 0.15) is 21.5 Å². The van der Waals surface area contributed by atoms with E-state index in [1.54, 1.807) is 4.68 Å². The van der Waals surface area contributed by atoms with Gasteiger partial charge in [0.15, 0.2) is 0 Å². The highest BCUT2D eigenvalue weighted by Gasteiger charge is 2.26. The summed E-state index contributed by atoms with van der Waals surface area (Å²) >= 11 is 0. The molecule has 1 aliphatic rings. The van der Waals surface area contributed by atoms with Crippen LogP contribution < -0.4 is 11.2 Å². The van der Waals surface area contributed by atoms with Gasteiger partial charge in [-0.15, -0.1) is 0 Å². The average Bonchev–Trinajstić information content (AvgIpc) is 3.24. The van der Waals surface area contributed by atoms with Crippen LogP contribution >= 0.6 is 0 Å². The quantitative estimate of drug-likeness (QED) is 0.726. The number of amides is 1. The summed E-state index contributed by atoms with van der Waals surface area (Å²) in [5, 5.41) is 0. The summed E-state index contributed by atoms with van der Waals surface area (Å²) in [5.74, 6) is 0.382. The van der Waals surface area contributed by atoms with Gasteiger partial charge in [0.2, 0.25) is 0 Å². The fourth-order valence-corrected chi connectivity index (χ4v) is 2.98. The molecule has 3 aromatic rings. The van der Waals surface area contributed by atoms with Crippen molar-refractivity contribution in [1.82, 2.24) is 9.99 Å². The second kappa shape index (κ2) is 5.70. The molecule has 1 aromatic heterocycles. The third kappa shape index (κ3) is 2.36. The summed E-state index contributed by atoms with van der Waals surface area (Å²) in [4.78, 5) is 12.8. The monoisotopic (exact) mass is 317 g/mol. The van der Waals surface area contributed by atoms with Gasteiger partial charge in [0, 0.05) is 18.0 Å². The van der Waals surface area contributed by atoms with Crippen molar-refractivity contribution in [2.45, 2.75) is 6.54 Å². The van der Waals surface area contributed by atoms with Crippen LogP contribution in [0.5, 0.6) is 0 Å². The third-order valence-corrected chi connectivity index (χ3v) is 4.18. The predicted octanol–water partition coefficient (Wildman–Crippen LogP) is 2.05. The van der Waals surface area contributed by atoms with E-state index in [0.29, 0.717) is 17.9 Å². The van der Waals surface area contributed by atoms with Crippen LogP contribution in [-0.2, 0) is 6.54 Å². The second-order valence-electron chi connectivity index (χ2n) is 5.68. The molecule has 0 fully saturated rings. The highest BCUT2D eigenvalue weighted by Crippen LogP contribution is 2.17. The number of aromatic nitrogens is 1. The minimum atomic E-state index is -0.185. The van der Waals surface area contributed by atoms with Crippen LogP contribution in [0.25, 0.3) is 5.69 Å². The number of carbonyl (C=O) groups excluding carboxylic acids is 1. The number of amidine groups is 1. The molecule has 0 spiro atoms. The summed E-state index contributed by atoms with van der Waals surface area (Å²) in [5.41, 5.74) is 12.6. The van der Waals surface area contributed by atoms with Gasteiger partial charge in [-0.1, -0.05) is 30.3 Å². The van der Waals surface area contributed by atoms with Crippen molar-refractivity contribution in [3.63, 3.8) is 0 Å². The Morgan fingerprint density at radius 2 is 1.71 bits per heavy atom. The summed E-state index contributed by atoms with van der Waals surface area (Å²) in [6.45, 7) is 0.569. The zero-order chi connectivity index (χ0) is 16.5. The Bertz CT molecular complexity index is 942. The molecule has 2 aromatic carbocycles. The summed E-state index contributed by atoms with van der Waals surface area (Å²) in [7, 11) is 0. The maximum atomic E-state index is 12.8. The Hall–Kier alpha value is -3.34. The normalized spacial score (nSPS) is 13.0. The molecule has 1 amide bonds. The van der Waals surface area contributed by atoms with Gasteiger partial charge in [-0.25, -0.2) is 0 Å². The molecule has 1 aliphatic heterocycles. The maximum absolute atomic E-state index is 12.8. The number of benzene rings is 2. The number of fused-ring (bicyclic) bond motifs is 1. The van der Waals surface area contributed by atoms with Crippen LogP contribution in [0.15, 0.2) is 73.1 Å². The van der Waals surface area contributed by atoms with Gasteiger partial charge in [-0.2, -0.15) is 10.1 Å². The first-order valence-electron chi connectivity index (χ1n) is 7.75. The number of hydrazone groups is 1. The van der Waals surface area contributed by atoms with Crippen LogP contribution in [0, 0.1) is 0 Å². The van der Waals surface area contributed by atoms with Gasteiger partial charge in [0.25, 0.3) is 11.7 Å². The average molecular weight is 317 g/mol. The minimum Gasteiger partial charge on any atom is -0.323 e. The highest BCUT2D eigenvalue weighted by atomic mass is 16.2. The number of hydrogen-bond acceptors (Lipinski definition) is 2. The first-order valence-corrected chi connectivity index (χ1v) is 7.75. The van der Waals surface area contributed by atoms with Crippen molar-refractivity contribution in [2.75, 3.05) is 0 Å². The van der Waals surface area contributed by atoms with E-state index in [4.69, 9.17) is 5.73 Å². The molecule has 118 valence electrons.